The minimum absolute atomic E-state index is 0.359. The van der Waals surface area contributed by atoms with Crippen LogP contribution in [0, 0.1) is 5.92 Å². The lowest BCUT2D eigenvalue weighted by Gasteiger charge is -2.20. The molecule has 96 valence electrons. The van der Waals surface area contributed by atoms with E-state index in [1.54, 1.807) is 6.20 Å². The minimum Gasteiger partial charge on any atom is -0.492 e. The van der Waals surface area contributed by atoms with E-state index < -0.39 is 0 Å². The molecule has 1 rings (SSSR count). The summed E-state index contributed by atoms with van der Waals surface area (Å²) in [6.45, 7) is 7.18. The fourth-order valence-electron chi connectivity index (χ4n) is 1.86. The summed E-state index contributed by atoms with van der Waals surface area (Å²) in [5.41, 5.74) is 1.21. The van der Waals surface area contributed by atoms with E-state index in [2.05, 4.69) is 30.2 Å². The molecule has 0 spiro atoms. The van der Waals surface area contributed by atoms with Crippen molar-refractivity contribution in [2.75, 3.05) is 13.7 Å². The molecule has 0 bridgehead atoms. The number of ether oxygens (including phenoxy) is 1. The highest BCUT2D eigenvalue weighted by molar-refractivity contribution is 5.26. The molecule has 0 amide bonds. The van der Waals surface area contributed by atoms with E-state index in [0.717, 1.165) is 12.2 Å². The van der Waals surface area contributed by atoms with Gasteiger partial charge in [-0.1, -0.05) is 20.3 Å². The second-order valence-corrected chi connectivity index (χ2v) is 4.48. The van der Waals surface area contributed by atoms with E-state index in [-0.39, 0.29) is 0 Å². The zero-order valence-electron chi connectivity index (χ0n) is 11.4. The predicted molar refractivity (Wildman–Crippen MR) is 71.3 cm³/mol. The van der Waals surface area contributed by atoms with Crippen molar-refractivity contribution in [3.63, 3.8) is 0 Å². The maximum atomic E-state index is 5.48. The van der Waals surface area contributed by atoms with Crippen LogP contribution >= 0.6 is 0 Å². The Morgan fingerprint density at radius 3 is 2.71 bits per heavy atom. The monoisotopic (exact) mass is 236 g/mol. The molecular formula is C14H24N2O. The zero-order valence-corrected chi connectivity index (χ0v) is 11.4. The molecule has 0 aliphatic rings. The molecule has 0 radical (unpaired) electrons. The van der Waals surface area contributed by atoms with Crippen molar-refractivity contribution in [2.45, 2.75) is 39.7 Å². The van der Waals surface area contributed by atoms with Crippen molar-refractivity contribution in [1.29, 1.82) is 0 Å². The second-order valence-electron chi connectivity index (χ2n) is 4.48. The Balaban J connectivity index is 2.76. The third-order valence-electron chi connectivity index (χ3n) is 3.13. The third-order valence-corrected chi connectivity index (χ3v) is 3.13. The second kappa shape index (κ2) is 7.28. The summed E-state index contributed by atoms with van der Waals surface area (Å²) < 4.78 is 5.48. The predicted octanol–water partition coefficient (Wildman–Crippen LogP) is 3.18. The molecule has 2 atom stereocenters. The van der Waals surface area contributed by atoms with Gasteiger partial charge in [0.05, 0.1) is 12.8 Å². The van der Waals surface area contributed by atoms with Crippen LogP contribution in [0.2, 0.25) is 0 Å². The number of hydrogen-bond acceptors (Lipinski definition) is 3. The third kappa shape index (κ3) is 4.35. The van der Waals surface area contributed by atoms with Gasteiger partial charge in [-0.05, 0) is 37.9 Å². The number of pyridine rings is 1. The first-order valence-electron chi connectivity index (χ1n) is 6.46. The molecule has 1 N–H and O–H groups in total. The molecule has 0 aromatic carbocycles. The Morgan fingerprint density at radius 2 is 2.12 bits per heavy atom. The van der Waals surface area contributed by atoms with Crippen molar-refractivity contribution in [1.82, 2.24) is 10.3 Å². The Morgan fingerprint density at radius 1 is 1.35 bits per heavy atom. The molecule has 0 aliphatic heterocycles. The van der Waals surface area contributed by atoms with Gasteiger partial charge in [0.25, 0.3) is 0 Å². The van der Waals surface area contributed by atoms with Gasteiger partial charge in [0.2, 0.25) is 0 Å². The standard InChI is InChI=1S/C14H24N2O/c1-5-11(3)7-14(15-4)12-8-13(17-6-2)10-16-9-12/h8-11,14-15H,5-7H2,1-4H3. The van der Waals surface area contributed by atoms with Gasteiger partial charge in [0, 0.05) is 12.2 Å². The fourth-order valence-corrected chi connectivity index (χ4v) is 1.86. The lowest BCUT2D eigenvalue weighted by atomic mass is 9.95. The topological polar surface area (TPSA) is 34.1 Å². The summed E-state index contributed by atoms with van der Waals surface area (Å²) in [6.07, 6.45) is 6.02. The number of nitrogens with one attached hydrogen (secondary N) is 1. The maximum absolute atomic E-state index is 5.48. The van der Waals surface area contributed by atoms with Crippen LogP contribution in [0.5, 0.6) is 5.75 Å². The molecule has 3 nitrogen and oxygen atoms in total. The summed E-state index contributed by atoms with van der Waals surface area (Å²) in [7, 11) is 2.00. The van der Waals surface area contributed by atoms with Crippen molar-refractivity contribution >= 4 is 0 Å². The summed E-state index contributed by atoms with van der Waals surface area (Å²) in [6, 6.07) is 2.44. The normalized spacial score (nSPS) is 14.4. The van der Waals surface area contributed by atoms with E-state index in [1.807, 2.05) is 20.2 Å². The molecule has 3 heteroatoms. The van der Waals surface area contributed by atoms with Gasteiger partial charge in [-0.25, -0.2) is 0 Å². The van der Waals surface area contributed by atoms with Gasteiger partial charge < -0.3 is 10.1 Å². The van der Waals surface area contributed by atoms with Gasteiger partial charge in [-0.3, -0.25) is 4.98 Å². The number of rotatable bonds is 7. The minimum atomic E-state index is 0.359. The smallest absolute Gasteiger partial charge is 0.137 e. The Labute approximate surface area is 105 Å². The molecule has 0 saturated carbocycles. The molecule has 2 unspecified atom stereocenters. The number of nitrogens with zero attached hydrogens (tertiary/aromatic N) is 1. The molecular weight excluding hydrogens is 212 g/mol. The van der Waals surface area contributed by atoms with Gasteiger partial charge in [-0.2, -0.15) is 0 Å². The molecule has 1 aromatic rings. The van der Waals surface area contributed by atoms with E-state index in [1.165, 1.54) is 12.0 Å². The summed E-state index contributed by atoms with van der Waals surface area (Å²) >= 11 is 0. The quantitative estimate of drug-likeness (QED) is 0.789. The largest absolute Gasteiger partial charge is 0.492 e. The van der Waals surface area contributed by atoms with Crippen molar-refractivity contribution < 1.29 is 4.74 Å². The van der Waals surface area contributed by atoms with E-state index in [4.69, 9.17) is 4.74 Å². The molecule has 1 aromatic heterocycles. The Kier molecular flexibility index (Phi) is 5.98. The van der Waals surface area contributed by atoms with E-state index in [9.17, 15) is 0 Å². The zero-order chi connectivity index (χ0) is 12.7. The lowest BCUT2D eigenvalue weighted by molar-refractivity contribution is 0.337. The van der Waals surface area contributed by atoms with Gasteiger partial charge in [0.15, 0.2) is 0 Å². The van der Waals surface area contributed by atoms with Crippen LogP contribution in [0.15, 0.2) is 18.5 Å². The van der Waals surface area contributed by atoms with E-state index >= 15 is 0 Å². The van der Waals surface area contributed by atoms with Crippen molar-refractivity contribution in [3.05, 3.63) is 24.0 Å². The van der Waals surface area contributed by atoms with Crippen LogP contribution in [-0.4, -0.2) is 18.6 Å². The van der Waals surface area contributed by atoms with Crippen molar-refractivity contribution in [2.24, 2.45) is 5.92 Å². The van der Waals surface area contributed by atoms with Gasteiger partial charge >= 0.3 is 0 Å². The number of hydrogen-bond donors (Lipinski definition) is 1. The van der Waals surface area contributed by atoms with Gasteiger partial charge in [0.1, 0.15) is 5.75 Å². The molecule has 0 saturated heterocycles. The van der Waals surface area contributed by atoms with Crippen LogP contribution in [0.1, 0.15) is 45.2 Å². The molecule has 1 heterocycles. The molecule has 17 heavy (non-hydrogen) atoms. The SMILES string of the molecule is CCOc1cncc(C(CC(C)CC)NC)c1. The van der Waals surface area contributed by atoms with Crippen LogP contribution in [0.3, 0.4) is 0 Å². The highest BCUT2D eigenvalue weighted by Gasteiger charge is 2.13. The summed E-state index contributed by atoms with van der Waals surface area (Å²) in [4.78, 5) is 4.24. The van der Waals surface area contributed by atoms with E-state index in [0.29, 0.717) is 18.6 Å². The average Bonchev–Trinajstić information content (AvgIpc) is 2.36. The first kappa shape index (κ1) is 14.0. The first-order chi connectivity index (χ1) is 8.21. The average molecular weight is 236 g/mol. The molecule has 0 fully saturated rings. The summed E-state index contributed by atoms with van der Waals surface area (Å²) in [5, 5.41) is 3.36. The van der Waals surface area contributed by atoms with Crippen molar-refractivity contribution in [3.8, 4) is 5.75 Å². The Hall–Kier alpha value is -1.09. The van der Waals surface area contributed by atoms with Crippen LogP contribution < -0.4 is 10.1 Å². The number of aromatic nitrogens is 1. The Bertz CT molecular complexity index is 328. The fraction of sp³-hybridized carbons (Fsp3) is 0.643. The highest BCUT2D eigenvalue weighted by Crippen LogP contribution is 2.24. The van der Waals surface area contributed by atoms with Crippen LogP contribution in [-0.2, 0) is 0 Å². The van der Waals surface area contributed by atoms with Crippen LogP contribution in [0.25, 0.3) is 0 Å². The summed E-state index contributed by atoms with van der Waals surface area (Å²) in [5.74, 6) is 1.57. The van der Waals surface area contributed by atoms with Gasteiger partial charge in [-0.15, -0.1) is 0 Å². The van der Waals surface area contributed by atoms with Crippen LogP contribution in [0.4, 0.5) is 0 Å². The first-order valence-corrected chi connectivity index (χ1v) is 6.46. The molecule has 0 aliphatic carbocycles. The lowest BCUT2D eigenvalue weighted by Crippen LogP contribution is -2.19. The maximum Gasteiger partial charge on any atom is 0.137 e. The highest BCUT2D eigenvalue weighted by atomic mass is 16.5.